The van der Waals surface area contributed by atoms with Crippen molar-refractivity contribution in [2.75, 3.05) is 12.8 Å². The molecule has 2 heteroatoms. The summed E-state index contributed by atoms with van der Waals surface area (Å²) in [6.07, 6.45) is 26.8. The van der Waals surface area contributed by atoms with Crippen LogP contribution in [0.1, 0.15) is 96.3 Å². The van der Waals surface area contributed by atoms with Crippen molar-refractivity contribution in [1.82, 2.24) is 0 Å². The molecule has 144 valence electrons. The molecule has 0 nitrogen and oxygen atoms in total. The second kappa shape index (κ2) is 9.16. The van der Waals surface area contributed by atoms with Crippen LogP contribution in [0.3, 0.4) is 0 Å². The average molecular weight is 443 g/mol. The van der Waals surface area contributed by atoms with Crippen LogP contribution in [0.25, 0.3) is 0 Å². The topological polar surface area (TPSA) is 0 Å². The predicted molar refractivity (Wildman–Crippen MR) is 109 cm³/mol. The zero-order valence-corrected chi connectivity index (χ0v) is 18.5. The molecule has 0 amide bonds. The molecule has 3 saturated carbocycles. The molecule has 0 unspecified atom stereocenters. The van der Waals surface area contributed by atoms with Gasteiger partial charge in [-0.1, -0.05) is 0 Å². The molecule has 24 heavy (non-hydrogen) atoms. The summed E-state index contributed by atoms with van der Waals surface area (Å²) >= 11 is 0. The van der Waals surface area contributed by atoms with Gasteiger partial charge in [-0.3, -0.25) is 0 Å². The van der Waals surface area contributed by atoms with E-state index in [0.29, 0.717) is 0 Å². The van der Waals surface area contributed by atoms with E-state index in [-0.39, 0.29) is 20.4 Å². The molecule has 0 spiro atoms. The van der Waals surface area contributed by atoms with E-state index in [9.17, 15) is 0 Å². The van der Waals surface area contributed by atoms with Gasteiger partial charge in [-0.15, -0.1) is 0 Å². The number of hydrogen-bond acceptors (Lipinski definition) is 0. The maximum Gasteiger partial charge on any atom is 0 e. The Morgan fingerprint density at radius 1 is 0.667 bits per heavy atom. The predicted octanol–water partition coefficient (Wildman–Crippen LogP) is 7.35. The molecule has 0 saturated heterocycles. The van der Waals surface area contributed by atoms with E-state index in [0.717, 1.165) is 17.0 Å². The van der Waals surface area contributed by atoms with E-state index in [1.165, 1.54) is 63.9 Å². The van der Waals surface area contributed by atoms with Crippen LogP contribution in [0.5, 0.6) is 0 Å². The van der Waals surface area contributed by atoms with Gasteiger partial charge in [0.2, 0.25) is 0 Å². The molecule has 3 aliphatic carbocycles. The van der Waals surface area contributed by atoms with Crippen LogP contribution >= 0.6 is 6.60 Å². The molecular weight excluding hydrogens is 402 g/mol. The number of hydrogen-bond donors (Lipinski definition) is 0. The summed E-state index contributed by atoms with van der Waals surface area (Å²) in [5.74, 6) is 0. The fraction of sp³-hybridized carbons (Fsp3) is 0.909. The minimum atomic E-state index is -1.72. The molecular formula is C22H41PPd. The van der Waals surface area contributed by atoms with Crippen LogP contribution in [-0.2, 0) is 20.4 Å². The third kappa shape index (κ3) is 3.76. The summed E-state index contributed by atoms with van der Waals surface area (Å²) in [5, 5.41) is 0. The fourth-order valence-electron chi connectivity index (χ4n) is 7.15. The van der Waals surface area contributed by atoms with E-state index < -0.39 is 6.60 Å². The summed E-state index contributed by atoms with van der Waals surface area (Å²) in [5.41, 5.74) is 3.29. The normalized spacial score (nSPS) is 27.0. The van der Waals surface area contributed by atoms with Crippen molar-refractivity contribution in [2.45, 2.75) is 113 Å². The van der Waals surface area contributed by atoms with Crippen molar-refractivity contribution in [3.63, 3.8) is 0 Å². The van der Waals surface area contributed by atoms with Crippen LogP contribution in [-0.4, -0.2) is 29.8 Å². The van der Waals surface area contributed by atoms with E-state index in [1.54, 1.807) is 38.5 Å². The molecule has 3 fully saturated rings. The van der Waals surface area contributed by atoms with Crippen molar-refractivity contribution < 1.29 is 20.4 Å². The Hall–Kier alpha value is 0.832. The monoisotopic (exact) mass is 442 g/mol. The van der Waals surface area contributed by atoms with Crippen LogP contribution in [0.4, 0.5) is 0 Å². The fourth-order valence-corrected chi connectivity index (χ4v) is 16.1. The summed E-state index contributed by atoms with van der Waals surface area (Å²) in [6.45, 7) is 5.52. The van der Waals surface area contributed by atoms with Crippen LogP contribution in [0.2, 0.25) is 0 Å². The van der Waals surface area contributed by atoms with Gasteiger partial charge in [0, 0.05) is 20.4 Å². The molecule has 0 aromatic carbocycles. The van der Waals surface area contributed by atoms with Gasteiger partial charge in [0.1, 0.15) is 0 Å². The molecule has 0 atom stereocenters. The third-order valence-corrected chi connectivity index (χ3v) is 17.6. The zero-order chi connectivity index (χ0) is 16.2. The maximum atomic E-state index is 4.31. The minimum Gasteiger partial charge on any atom is 0 e. The summed E-state index contributed by atoms with van der Waals surface area (Å²) < 4.78 is 0. The summed E-state index contributed by atoms with van der Waals surface area (Å²) in [6, 6.07) is 0. The first-order chi connectivity index (χ1) is 11.2. The van der Waals surface area contributed by atoms with Gasteiger partial charge in [-0.25, -0.2) is 0 Å². The Balaban J connectivity index is 0.00000208. The number of allylic oxidation sites excluding steroid dienone is 1. The molecule has 0 aliphatic heterocycles. The quantitative estimate of drug-likeness (QED) is 0.237. The van der Waals surface area contributed by atoms with Gasteiger partial charge in [0.25, 0.3) is 0 Å². The van der Waals surface area contributed by atoms with Crippen molar-refractivity contribution in [3.8, 4) is 0 Å². The molecule has 3 rings (SSSR count). The van der Waals surface area contributed by atoms with Gasteiger partial charge in [-0.2, -0.15) is 0 Å². The van der Waals surface area contributed by atoms with E-state index in [1.807, 2.05) is 0 Å². The first-order valence-corrected chi connectivity index (χ1v) is 13.9. The Labute approximate surface area is 165 Å². The average Bonchev–Trinajstić information content (AvgIpc) is 2.64. The SMILES string of the molecule is C=CCP(C)(C1CCCCC1)(C1CCCCC1)C1CCCCC1.[Pd]. The molecule has 0 heterocycles. The molecule has 0 aromatic rings. The third-order valence-electron chi connectivity index (χ3n) is 8.49. The van der Waals surface area contributed by atoms with Gasteiger partial charge >= 0.3 is 145 Å². The first kappa shape index (κ1) is 21.1. The summed E-state index contributed by atoms with van der Waals surface area (Å²) in [7, 11) is 0. The Kier molecular flexibility index (Phi) is 8.07. The Morgan fingerprint density at radius 2 is 0.958 bits per heavy atom. The first-order valence-electron chi connectivity index (χ1n) is 10.8. The Bertz CT molecular complexity index is 338. The summed E-state index contributed by atoms with van der Waals surface area (Å²) in [4.78, 5) is 0. The van der Waals surface area contributed by atoms with Gasteiger partial charge < -0.3 is 0 Å². The van der Waals surface area contributed by atoms with E-state index >= 15 is 0 Å². The zero-order valence-electron chi connectivity index (χ0n) is 16.1. The van der Waals surface area contributed by atoms with Crippen LogP contribution < -0.4 is 0 Å². The molecule has 0 N–H and O–H groups in total. The largest absolute Gasteiger partial charge is 0 e. The minimum absolute atomic E-state index is 0. The molecule has 0 bridgehead atoms. The Morgan fingerprint density at radius 3 is 1.21 bits per heavy atom. The number of rotatable bonds is 5. The van der Waals surface area contributed by atoms with E-state index in [2.05, 4.69) is 19.3 Å². The van der Waals surface area contributed by atoms with Gasteiger partial charge in [0.15, 0.2) is 0 Å². The van der Waals surface area contributed by atoms with Crippen molar-refractivity contribution in [2.24, 2.45) is 0 Å². The van der Waals surface area contributed by atoms with Crippen LogP contribution in [0.15, 0.2) is 12.7 Å². The van der Waals surface area contributed by atoms with Crippen molar-refractivity contribution in [3.05, 3.63) is 12.7 Å². The molecule has 0 radical (unpaired) electrons. The van der Waals surface area contributed by atoms with Crippen molar-refractivity contribution in [1.29, 1.82) is 0 Å². The van der Waals surface area contributed by atoms with Gasteiger partial charge in [0.05, 0.1) is 0 Å². The molecule has 3 aliphatic rings. The van der Waals surface area contributed by atoms with E-state index in [4.69, 9.17) is 0 Å². The standard InChI is InChI=1S/C22H41P.Pd/c1-3-19-23(2,20-13-7-4-8-14-20,21-15-9-5-10-16-21)22-17-11-6-12-18-22;/h3,20-22H,1,4-19H2,2H3;. The van der Waals surface area contributed by atoms with Gasteiger partial charge in [-0.05, 0) is 0 Å². The smallest absolute Gasteiger partial charge is 0 e. The second-order valence-corrected chi connectivity index (χ2v) is 16.2. The molecule has 0 aromatic heterocycles. The maximum absolute atomic E-state index is 4.31. The van der Waals surface area contributed by atoms with Crippen molar-refractivity contribution >= 4 is 6.60 Å². The second-order valence-electron chi connectivity index (χ2n) is 9.43. The van der Waals surface area contributed by atoms with Crippen LogP contribution in [0, 0.1) is 0 Å².